The van der Waals surface area contributed by atoms with Gasteiger partial charge in [0.05, 0.1) is 5.75 Å². The zero-order valence-corrected chi connectivity index (χ0v) is 20.3. The highest BCUT2D eigenvalue weighted by Crippen LogP contribution is 2.26. The number of aliphatic carboxylic acids is 1. The molecule has 3 rings (SSSR count). The van der Waals surface area contributed by atoms with E-state index in [0.717, 1.165) is 37.9 Å². The second-order valence-electron chi connectivity index (χ2n) is 8.97. The van der Waals surface area contributed by atoms with Crippen molar-refractivity contribution >= 4 is 27.8 Å². The monoisotopic (exact) mass is 494 g/mol. The number of hydrogen-bond acceptors (Lipinski definition) is 6. The van der Waals surface area contributed by atoms with Crippen molar-refractivity contribution in [2.24, 2.45) is 5.92 Å². The van der Waals surface area contributed by atoms with Crippen LogP contribution in [0.1, 0.15) is 65.3 Å². The van der Waals surface area contributed by atoms with Gasteiger partial charge in [-0.3, -0.25) is 14.4 Å². The molecule has 1 fully saturated rings. The lowest BCUT2D eigenvalue weighted by molar-refractivity contribution is -0.138. The van der Waals surface area contributed by atoms with Crippen molar-refractivity contribution in [3.05, 3.63) is 34.9 Å². The summed E-state index contributed by atoms with van der Waals surface area (Å²) in [5.74, 6) is -1.62. The van der Waals surface area contributed by atoms with E-state index in [0.29, 0.717) is 37.4 Å². The summed E-state index contributed by atoms with van der Waals surface area (Å²) < 4.78 is 26.2. The lowest BCUT2D eigenvalue weighted by atomic mass is 9.94. The van der Waals surface area contributed by atoms with Gasteiger partial charge >= 0.3 is 5.97 Å². The zero-order chi connectivity index (χ0) is 24.7. The number of rotatable bonds is 12. The van der Waals surface area contributed by atoms with Gasteiger partial charge in [-0.25, -0.2) is 8.42 Å². The summed E-state index contributed by atoms with van der Waals surface area (Å²) in [6.07, 6.45) is 4.25. The van der Waals surface area contributed by atoms with Crippen molar-refractivity contribution in [1.29, 1.82) is 0 Å². The van der Waals surface area contributed by atoms with Crippen LogP contribution >= 0.6 is 0 Å². The maximum Gasteiger partial charge on any atom is 0.323 e. The molecule has 0 bridgehead atoms. The lowest BCUT2D eigenvalue weighted by Gasteiger charge is -2.25. The molecule has 1 aromatic rings. The second kappa shape index (κ2) is 11.8. The largest absolute Gasteiger partial charge is 0.480 e. The minimum atomic E-state index is -3.77. The SMILES string of the molecule is CCCCS(=O)(=O)N[C@H](CNC(=O)c1ccc2c(c1)C(=O)N(CCC1CCNCC1)C2)C(=O)O. The number of piperidine rings is 1. The van der Waals surface area contributed by atoms with Crippen LogP contribution in [0.15, 0.2) is 18.2 Å². The molecule has 34 heavy (non-hydrogen) atoms. The summed E-state index contributed by atoms with van der Waals surface area (Å²) >= 11 is 0. The van der Waals surface area contributed by atoms with Gasteiger partial charge in [0.2, 0.25) is 10.0 Å². The fourth-order valence-electron chi connectivity index (χ4n) is 4.28. The fourth-order valence-corrected chi connectivity index (χ4v) is 5.68. The number of unbranched alkanes of at least 4 members (excludes halogenated alkanes) is 1. The molecule has 0 unspecified atom stereocenters. The molecule has 0 radical (unpaired) electrons. The molecule has 2 amide bonds. The van der Waals surface area contributed by atoms with Gasteiger partial charge in [-0.05, 0) is 62.4 Å². The third-order valence-corrected chi connectivity index (χ3v) is 7.84. The Morgan fingerprint density at radius 3 is 2.68 bits per heavy atom. The summed E-state index contributed by atoms with van der Waals surface area (Å²) in [7, 11) is -3.77. The van der Waals surface area contributed by atoms with Crippen molar-refractivity contribution in [1.82, 2.24) is 20.3 Å². The maximum atomic E-state index is 12.9. The van der Waals surface area contributed by atoms with E-state index in [1.165, 1.54) is 6.07 Å². The number of carboxylic acids is 1. The van der Waals surface area contributed by atoms with E-state index in [1.54, 1.807) is 17.0 Å². The van der Waals surface area contributed by atoms with E-state index in [9.17, 15) is 27.9 Å². The van der Waals surface area contributed by atoms with Gasteiger partial charge in [-0.2, -0.15) is 4.72 Å². The highest BCUT2D eigenvalue weighted by molar-refractivity contribution is 7.89. The van der Waals surface area contributed by atoms with Gasteiger partial charge in [-0.1, -0.05) is 19.4 Å². The molecule has 10 nitrogen and oxygen atoms in total. The minimum absolute atomic E-state index is 0.106. The molecular weight excluding hydrogens is 460 g/mol. The predicted molar refractivity (Wildman–Crippen MR) is 127 cm³/mol. The summed E-state index contributed by atoms with van der Waals surface area (Å²) in [4.78, 5) is 38.8. The minimum Gasteiger partial charge on any atom is -0.480 e. The number of carbonyl (C=O) groups is 3. The molecule has 4 N–H and O–H groups in total. The number of hydrogen-bond donors (Lipinski definition) is 4. The van der Waals surface area contributed by atoms with Crippen molar-refractivity contribution in [3.63, 3.8) is 0 Å². The van der Waals surface area contributed by atoms with Crippen LogP contribution in [-0.4, -0.2) is 74.2 Å². The molecule has 1 atom stereocenters. The van der Waals surface area contributed by atoms with Gasteiger partial charge in [0, 0.05) is 30.8 Å². The molecule has 0 spiro atoms. The summed E-state index contributed by atoms with van der Waals surface area (Å²) in [5, 5.41) is 15.2. The number of nitrogens with zero attached hydrogens (tertiary/aromatic N) is 1. The first-order chi connectivity index (χ1) is 16.2. The molecule has 1 aromatic carbocycles. The lowest BCUT2D eigenvalue weighted by Crippen LogP contribution is -2.48. The first-order valence-electron chi connectivity index (χ1n) is 11.8. The van der Waals surface area contributed by atoms with Crippen molar-refractivity contribution < 1.29 is 27.9 Å². The molecular formula is C23H34N4O6S. The number of carboxylic acid groups (broad SMARTS) is 1. The van der Waals surface area contributed by atoms with Gasteiger partial charge < -0.3 is 20.6 Å². The molecule has 1 saturated heterocycles. The van der Waals surface area contributed by atoms with Crippen molar-refractivity contribution in [2.45, 2.75) is 51.6 Å². The number of benzene rings is 1. The zero-order valence-electron chi connectivity index (χ0n) is 19.5. The van der Waals surface area contributed by atoms with Crippen LogP contribution in [0.4, 0.5) is 0 Å². The third kappa shape index (κ3) is 7.00. The Morgan fingerprint density at radius 1 is 1.26 bits per heavy atom. The summed E-state index contributed by atoms with van der Waals surface area (Å²) in [5.41, 5.74) is 1.57. The van der Waals surface area contributed by atoms with Crippen LogP contribution in [0, 0.1) is 5.92 Å². The Balaban J connectivity index is 1.57. The predicted octanol–water partition coefficient (Wildman–Crippen LogP) is 0.935. The Morgan fingerprint density at radius 2 is 2.00 bits per heavy atom. The molecule has 0 saturated carbocycles. The fraction of sp³-hybridized carbons (Fsp3) is 0.609. The number of sulfonamides is 1. The number of amides is 2. The average molecular weight is 495 g/mol. The molecule has 0 aliphatic carbocycles. The number of carbonyl (C=O) groups excluding carboxylic acids is 2. The Labute approximate surface area is 200 Å². The number of fused-ring (bicyclic) bond motifs is 1. The van der Waals surface area contributed by atoms with E-state index in [4.69, 9.17) is 0 Å². The van der Waals surface area contributed by atoms with Gasteiger partial charge in [-0.15, -0.1) is 0 Å². The molecule has 2 aliphatic rings. The topological polar surface area (TPSA) is 145 Å². The van der Waals surface area contributed by atoms with Crippen LogP contribution in [0.25, 0.3) is 0 Å². The van der Waals surface area contributed by atoms with E-state index < -0.39 is 34.5 Å². The first kappa shape index (κ1) is 26.1. The van der Waals surface area contributed by atoms with E-state index in [1.807, 2.05) is 6.92 Å². The van der Waals surface area contributed by atoms with Crippen LogP contribution in [0.2, 0.25) is 0 Å². The van der Waals surface area contributed by atoms with Gasteiger partial charge in [0.15, 0.2) is 0 Å². The summed E-state index contributed by atoms with van der Waals surface area (Å²) in [6, 6.07) is 3.39. The molecule has 2 aliphatic heterocycles. The maximum absolute atomic E-state index is 12.9. The van der Waals surface area contributed by atoms with Crippen LogP contribution in [0.5, 0.6) is 0 Å². The molecule has 11 heteroatoms. The first-order valence-corrected chi connectivity index (χ1v) is 13.5. The van der Waals surface area contributed by atoms with Crippen LogP contribution in [-0.2, 0) is 21.4 Å². The molecule has 188 valence electrons. The molecule has 0 aromatic heterocycles. The highest BCUT2D eigenvalue weighted by Gasteiger charge is 2.29. The van der Waals surface area contributed by atoms with E-state index in [2.05, 4.69) is 15.4 Å². The Hall–Kier alpha value is -2.50. The summed E-state index contributed by atoms with van der Waals surface area (Å²) in [6.45, 7) is 4.65. The van der Waals surface area contributed by atoms with E-state index in [-0.39, 0.29) is 17.2 Å². The number of nitrogens with one attached hydrogen (secondary N) is 3. The van der Waals surface area contributed by atoms with Crippen LogP contribution in [0.3, 0.4) is 0 Å². The van der Waals surface area contributed by atoms with Crippen molar-refractivity contribution in [3.8, 4) is 0 Å². The smallest absolute Gasteiger partial charge is 0.323 e. The van der Waals surface area contributed by atoms with Gasteiger partial charge in [0.1, 0.15) is 6.04 Å². The average Bonchev–Trinajstić information content (AvgIpc) is 3.14. The Bertz CT molecular complexity index is 1010. The standard InChI is InChI=1S/C23H34N4O6S/c1-2-3-12-34(32,33)26-20(23(30)31)14-25-21(28)17-4-5-18-15-27(22(29)19(18)13-17)11-8-16-6-9-24-10-7-16/h4-5,13,16,20,24,26H,2-3,6-12,14-15H2,1H3,(H,25,28)(H,30,31)/t20-/m1/s1. The van der Waals surface area contributed by atoms with Gasteiger partial charge in [0.25, 0.3) is 11.8 Å². The molecule has 2 heterocycles. The van der Waals surface area contributed by atoms with E-state index >= 15 is 0 Å². The van der Waals surface area contributed by atoms with Crippen molar-refractivity contribution in [2.75, 3.05) is 31.9 Å². The van der Waals surface area contributed by atoms with Crippen LogP contribution < -0.4 is 15.4 Å². The highest BCUT2D eigenvalue weighted by atomic mass is 32.2. The Kier molecular flexibility index (Phi) is 9.03. The quantitative estimate of drug-likeness (QED) is 0.338. The normalized spacial score (nSPS) is 17.4. The second-order valence-corrected chi connectivity index (χ2v) is 10.8. The third-order valence-electron chi connectivity index (χ3n) is 6.37.